The van der Waals surface area contributed by atoms with Crippen LogP contribution in [0.4, 0.5) is 5.82 Å². The number of aromatic nitrogens is 2. The van der Waals surface area contributed by atoms with Gasteiger partial charge in [0.2, 0.25) is 10.0 Å². The maximum atomic E-state index is 11.3. The molecule has 0 aromatic carbocycles. The fourth-order valence-electron chi connectivity index (χ4n) is 1.76. The van der Waals surface area contributed by atoms with Gasteiger partial charge in [-0.25, -0.2) is 23.1 Å². The molecule has 19 heavy (non-hydrogen) atoms. The number of rotatable bonds is 5. The van der Waals surface area contributed by atoms with Crippen molar-refractivity contribution in [2.45, 2.75) is 19.4 Å². The molecule has 2 heterocycles. The molecule has 0 saturated carbocycles. The van der Waals surface area contributed by atoms with E-state index in [9.17, 15) is 8.42 Å². The van der Waals surface area contributed by atoms with Crippen LogP contribution in [-0.2, 0) is 10.0 Å². The van der Waals surface area contributed by atoms with E-state index in [1.807, 2.05) is 25.3 Å². The fourth-order valence-corrected chi connectivity index (χ4v) is 3.64. The molecule has 0 amide bonds. The maximum absolute atomic E-state index is 11.3. The van der Waals surface area contributed by atoms with E-state index in [1.165, 1.54) is 6.33 Å². The van der Waals surface area contributed by atoms with E-state index in [2.05, 4.69) is 20.0 Å². The zero-order valence-corrected chi connectivity index (χ0v) is 12.6. The first-order valence-corrected chi connectivity index (χ1v) is 8.45. The van der Waals surface area contributed by atoms with E-state index in [-0.39, 0.29) is 0 Å². The zero-order chi connectivity index (χ0) is 14.1. The second kappa shape index (κ2) is 5.03. The summed E-state index contributed by atoms with van der Waals surface area (Å²) < 4.78 is 26.1. The van der Waals surface area contributed by atoms with E-state index in [1.54, 1.807) is 11.3 Å². The molecule has 8 heteroatoms. The Morgan fingerprint density at radius 1 is 1.37 bits per heavy atom. The van der Waals surface area contributed by atoms with E-state index >= 15 is 0 Å². The quantitative estimate of drug-likeness (QED) is 0.872. The Hall–Kier alpha value is -1.25. The summed E-state index contributed by atoms with van der Waals surface area (Å²) in [5.41, 5.74) is 0.290. The van der Waals surface area contributed by atoms with Crippen LogP contribution < -0.4 is 10.0 Å². The predicted molar refractivity (Wildman–Crippen MR) is 78.0 cm³/mol. The van der Waals surface area contributed by atoms with Crippen LogP contribution in [0.1, 0.15) is 13.8 Å². The lowest BCUT2D eigenvalue weighted by molar-refractivity contribution is 0.476. The second-order valence-electron chi connectivity index (χ2n) is 4.97. The monoisotopic (exact) mass is 300 g/mol. The van der Waals surface area contributed by atoms with Crippen LogP contribution in [-0.4, -0.2) is 36.7 Å². The highest BCUT2D eigenvalue weighted by molar-refractivity contribution is 7.88. The first-order valence-electron chi connectivity index (χ1n) is 5.68. The van der Waals surface area contributed by atoms with E-state index in [0.717, 1.165) is 22.3 Å². The number of nitrogens with zero attached hydrogens (tertiary/aromatic N) is 2. The minimum Gasteiger partial charge on any atom is -0.367 e. The highest BCUT2D eigenvalue weighted by Gasteiger charge is 2.22. The third-order valence-electron chi connectivity index (χ3n) is 2.40. The van der Waals surface area contributed by atoms with E-state index in [0.29, 0.717) is 6.54 Å². The van der Waals surface area contributed by atoms with Crippen LogP contribution in [0, 0.1) is 0 Å². The van der Waals surface area contributed by atoms with Crippen LogP contribution in [0.5, 0.6) is 0 Å². The number of nitrogens with one attached hydrogen (secondary N) is 2. The van der Waals surface area contributed by atoms with Crippen molar-refractivity contribution in [3.8, 4) is 0 Å². The number of hydrogen-bond donors (Lipinski definition) is 2. The van der Waals surface area contributed by atoms with Gasteiger partial charge < -0.3 is 5.32 Å². The van der Waals surface area contributed by atoms with Crippen LogP contribution in [0.2, 0.25) is 0 Å². The second-order valence-corrected chi connectivity index (χ2v) is 7.63. The number of anilines is 1. The van der Waals surface area contributed by atoms with Crippen LogP contribution in [0.15, 0.2) is 17.8 Å². The molecule has 0 bridgehead atoms. The molecule has 0 radical (unpaired) electrons. The van der Waals surface area contributed by atoms with Gasteiger partial charge in [0.15, 0.2) is 0 Å². The molecule has 0 saturated heterocycles. The minimum atomic E-state index is -3.24. The first-order chi connectivity index (χ1) is 8.77. The summed E-state index contributed by atoms with van der Waals surface area (Å²) in [6.45, 7) is 4.06. The van der Waals surface area contributed by atoms with Crippen LogP contribution >= 0.6 is 11.3 Å². The fraction of sp³-hybridized carbons (Fsp3) is 0.455. The molecule has 2 rings (SSSR count). The predicted octanol–water partition coefficient (Wildman–Crippen LogP) is 1.43. The third-order valence-corrected chi connectivity index (χ3v) is 4.24. The van der Waals surface area contributed by atoms with Gasteiger partial charge >= 0.3 is 0 Å². The molecule has 2 aromatic rings. The number of hydrogen-bond acceptors (Lipinski definition) is 6. The largest absolute Gasteiger partial charge is 0.367 e. The third kappa shape index (κ3) is 3.85. The van der Waals surface area contributed by atoms with Gasteiger partial charge in [-0.1, -0.05) is 0 Å². The zero-order valence-electron chi connectivity index (χ0n) is 11.0. The average molecular weight is 300 g/mol. The smallest absolute Gasteiger partial charge is 0.209 e. The maximum Gasteiger partial charge on any atom is 0.209 e. The lowest BCUT2D eigenvalue weighted by atomic mass is 10.1. The molecule has 6 nitrogen and oxygen atoms in total. The van der Waals surface area contributed by atoms with Crippen molar-refractivity contribution in [3.05, 3.63) is 17.8 Å². The molecule has 2 aromatic heterocycles. The summed E-state index contributed by atoms with van der Waals surface area (Å²) in [7, 11) is -3.24. The Morgan fingerprint density at radius 3 is 2.79 bits per heavy atom. The lowest BCUT2D eigenvalue weighted by Gasteiger charge is -2.25. The molecule has 0 aliphatic carbocycles. The first kappa shape index (κ1) is 14.2. The molecular formula is C11H16N4O2S2. The lowest BCUT2D eigenvalue weighted by Crippen LogP contribution is -2.47. The number of fused-ring (bicyclic) bond motifs is 1. The molecule has 0 fully saturated rings. The molecular weight excluding hydrogens is 284 g/mol. The molecule has 0 unspecified atom stereocenters. The molecule has 0 aliphatic heterocycles. The SMILES string of the molecule is CC(C)(CNc1ncnc2ccsc12)NS(C)(=O)=O. The van der Waals surface area contributed by atoms with Crippen LogP contribution in [0.25, 0.3) is 10.2 Å². The topological polar surface area (TPSA) is 84.0 Å². The van der Waals surface area contributed by atoms with Gasteiger partial charge in [0, 0.05) is 12.1 Å². The van der Waals surface area contributed by atoms with Gasteiger partial charge in [-0.05, 0) is 25.3 Å². The Labute approximate surface area is 116 Å². The summed E-state index contributed by atoms with van der Waals surface area (Å²) in [4.78, 5) is 8.34. The van der Waals surface area contributed by atoms with Gasteiger partial charge in [0.25, 0.3) is 0 Å². The molecule has 0 atom stereocenters. The Kier molecular flexibility index (Phi) is 3.75. The van der Waals surface area contributed by atoms with Crippen molar-refractivity contribution >= 4 is 37.4 Å². The summed E-state index contributed by atoms with van der Waals surface area (Å²) in [5.74, 6) is 0.725. The number of thiophene rings is 1. The van der Waals surface area contributed by atoms with Crippen molar-refractivity contribution in [2.24, 2.45) is 0 Å². The average Bonchev–Trinajstić information content (AvgIpc) is 2.71. The van der Waals surface area contributed by atoms with Crippen molar-refractivity contribution in [2.75, 3.05) is 18.1 Å². The highest BCUT2D eigenvalue weighted by atomic mass is 32.2. The molecule has 0 spiro atoms. The van der Waals surface area contributed by atoms with Gasteiger partial charge in [-0.15, -0.1) is 11.3 Å². The van der Waals surface area contributed by atoms with Crippen LogP contribution in [0.3, 0.4) is 0 Å². The number of sulfonamides is 1. The van der Waals surface area contributed by atoms with Gasteiger partial charge in [0.05, 0.1) is 16.5 Å². The Balaban J connectivity index is 2.12. The molecule has 2 N–H and O–H groups in total. The highest BCUT2D eigenvalue weighted by Crippen LogP contribution is 2.25. The van der Waals surface area contributed by atoms with Crippen molar-refractivity contribution in [1.29, 1.82) is 0 Å². The molecule has 0 aliphatic rings. The Bertz CT molecular complexity index is 679. The minimum absolute atomic E-state index is 0.435. The van der Waals surface area contributed by atoms with Crippen molar-refractivity contribution < 1.29 is 8.42 Å². The summed E-state index contributed by atoms with van der Waals surface area (Å²) in [6, 6.07) is 1.92. The van der Waals surface area contributed by atoms with E-state index < -0.39 is 15.6 Å². The summed E-state index contributed by atoms with van der Waals surface area (Å²) in [5, 5.41) is 5.12. The van der Waals surface area contributed by atoms with Gasteiger partial charge in [-0.3, -0.25) is 0 Å². The van der Waals surface area contributed by atoms with E-state index in [4.69, 9.17) is 0 Å². The van der Waals surface area contributed by atoms with Crippen molar-refractivity contribution in [1.82, 2.24) is 14.7 Å². The van der Waals surface area contributed by atoms with Gasteiger partial charge in [0.1, 0.15) is 12.1 Å². The summed E-state index contributed by atoms with van der Waals surface area (Å²) in [6.07, 6.45) is 2.64. The van der Waals surface area contributed by atoms with Crippen molar-refractivity contribution in [3.63, 3.8) is 0 Å². The normalized spacial score (nSPS) is 12.8. The van der Waals surface area contributed by atoms with Gasteiger partial charge in [-0.2, -0.15) is 0 Å². The summed E-state index contributed by atoms with van der Waals surface area (Å²) >= 11 is 1.55. The standard InChI is InChI=1S/C11H16N4O2S2/c1-11(2,15-19(3,16)17)6-12-10-9-8(4-5-18-9)13-7-14-10/h4-5,7,15H,6H2,1-3H3,(H,12,13,14). The Morgan fingerprint density at radius 2 is 2.11 bits per heavy atom. The molecule has 104 valence electrons.